The second-order valence-electron chi connectivity index (χ2n) is 12.3. The van der Waals surface area contributed by atoms with E-state index in [9.17, 15) is 4.79 Å². The average molecular weight is 604 g/mol. The van der Waals surface area contributed by atoms with Gasteiger partial charge in [-0.2, -0.15) is 4.98 Å². The van der Waals surface area contributed by atoms with Gasteiger partial charge < -0.3 is 14.4 Å². The highest BCUT2D eigenvalue weighted by Crippen LogP contribution is 2.37. The van der Waals surface area contributed by atoms with Crippen molar-refractivity contribution < 1.29 is 14.3 Å². The van der Waals surface area contributed by atoms with Crippen LogP contribution in [0.1, 0.15) is 62.0 Å². The van der Waals surface area contributed by atoms with E-state index in [0.29, 0.717) is 42.1 Å². The van der Waals surface area contributed by atoms with Gasteiger partial charge in [-0.1, -0.05) is 45.5 Å². The molecule has 1 unspecified atom stereocenters. The second kappa shape index (κ2) is 13.2. The van der Waals surface area contributed by atoms with Crippen molar-refractivity contribution in [3.63, 3.8) is 0 Å². The van der Waals surface area contributed by atoms with Crippen molar-refractivity contribution in [3.8, 4) is 17.1 Å². The Morgan fingerprint density at radius 1 is 1.05 bits per heavy atom. The van der Waals surface area contributed by atoms with E-state index in [-0.39, 0.29) is 25.4 Å². The summed E-state index contributed by atoms with van der Waals surface area (Å²) in [6.45, 7) is 10.9. The number of ether oxygens (including phenoxy) is 2. The minimum Gasteiger partial charge on any atom is -0.475 e. The maximum atomic E-state index is 14.3. The van der Waals surface area contributed by atoms with E-state index in [1.54, 1.807) is 7.11 Å². The lowest BCUT2D eigenvalue weighted by Crippen LogP contribution is -2.64. The van der Waals surface area contributed by atoms with E-state index in [1.165, 1.54) is 11.9 Å². The number of amides is 1. The number of carbonyl (C=O) groups excluding carboxylic acids is 1. The Balaban J connectivity index is 0.00000368. The SMILES string of the molecule is C.COC1CN(C2CC(N3C(=O)c4cccc(c4)SNc4nc(cc(-c5c(C)cccc5C)n4)OCC3CC(C)C)C2)C1. The van der Waals surface area contributed by atoms with Crippen molar-refractivity contribution in [2.75, 3.05) is 31.5 Å². The molecule has 1 saturated heterocycles. The molecule has 3 aliphatic rings. The van der Waals surface area contributed by atoms with Crippen molar-refractivity contribution >= 4 is 23.8 Å². The molecule has 4 bridgehead atoms. The first kappa shape index (κ1) is 31.3. The smallest absolute Gasteiger partial charge is 0.254 e. The number of fused-ring (bicyclic) bond motifs is 4. The molecule has 3 aromatic rings. The van der Waals surface area contributed by atoms with E-state index in [1.807, 2.05) is 30.3 Å². The van der Waals surface area contributed by atoms with Crippen molar-refractivity contribution in [2.45, 2.75) is 83.5 Å². The van der Waals surface area contributed by atoms with E-state index in [4.69, 9.17) is 19.4 Å². The molecule has 9 heteroatoms. The monoisotopic (exact) mass is 603 g/mol. The van der Waals surface area contributed by atoms with E-state index >= 15 is 0 Å². The molecule has 1 atom stereocenters. The summed E-state index contributed by atoms with van der Waals surface area (Å²) in [6, 6.07) is 16.6. The van der Waals surface area contributed by atoms with Crippen LogP contribution < -0.4 is 9.46 Å². The quantitative estimate of drug-likeness (QED) is 0.315. The van der Waals surface area contributed by atoms with Crippen molar-refractivity contribution in [2.24, 2.45) is 5.92 Å². The normalized spacial score (nSPS) is 22.6. The van der Waals surface area contributed by atoms with Gasteiger partial charge in [0.15, 0.2) is 0 Å². The summed E-state index contributed by atoms with van der Waals surface area (Å²) in [5.41, 5.74) is 4.91. The van der Waals surface area contributed by atoms with Gasteiger partial charge in [0.2, 0.25) is 11.8 Å². The molecule has 0 radical (unpaired) electrons. The number of rotatable bonds is 6. The van der Waals surface area contributed by atoms with Crippen LogP contribution in [-0.2, 0) is 4.74 Å². The number of carbonyl (C=O) groups is 1. The second-order valence-corrected chi connectivity index (χ2v) is 13.2. The minimum absolute atomic E-state index is 0. The number of nitrogens with one attached hydrogen (secondary N) is 1. The highest BCUT2D eigenvalue weighted by atomic mass is 32.2. The number of benzene rings is 2. The average Bonchev–Trinajstić information content (AvgIpc) is 2.92. The summed E-state index contributed by atoms with van der Waals surface area (Å²) in [6.07, 6.45) is 3.12. The number of aromatic nitrogens is 2. The van der Waals surface area contributed by atoms with Crippen LogP contribution in [0.15, 0.2) is 53.4 Å². The number of nitrogens with zero attached hydrogens (tertiary/aromatic N) is 4. The van der Waals surface area contributed by atoms with Gasteiger partial charge in [-0.3, -0.25) is 14.4 Å². The lowest BCUT2D eigenvalue weighted by atomic mass is 9.81. The first-order chi connectivity index (χ1) is 20.3. The molecular formula is C34H45N5O3S. The van der Waals surface area contributed by atoms with Crippen LogP contribution in [0.25, 0.3) is 11.3 Å². The minimum atomic E-state index is -0.0846. The first-order valence-electron chi connectivity index (χ1n) is 15.0. The van der Waals surface area contributed by atoms with Gasteiger partial charge in [-0.25, -0.2) is 4.98 Å². The van der Waals surface area contributed by atoms with Crippen LogP contribution in [0.2, 0.25) is 0 Å². The van der Waals surface area contributed by atoms with E-state index in [0.717, 1.165) is 59.6 Å². The molecule has 1 aromatic heterocycles. The van der Waals surface area contributed by atoms with Gasteiger partial charge in [-0.05, 0) is 80.3 Å². The Hall–Kier alpha value is -3.14. The topological polar surface area (TPSA) is 79.8 Å². The Morgan fingerprint density at radius 2 is 1.77 bits per heavy atom. The van der Waals surface area contributed by atoms with Gasteiger partial charge in [0.05, 0.1) is 17.8 Å². The molecule has 0 spiro atoms. The first-order valence-corrected chi connectivity index (χ1v) is 15.8. The Labute approximate surface area is 260 Å². The molecule has 2 fully saturated rings. The molecule has 1 saturated carbocycles. The third kappa shape index (κ3) is 6.69. The molecule has 1 amide bonds. The molecule has 43 heavy (non-hydrogen) atoms. The lowest BCUT2D eigenvalue weighted by molar-refractivity contribution is -0.0858. The van der Waals surface area contributed by atoms with Crippen LogP contribution in [0.3, 0.4) is 0 Å². The molecule has 2 aromatic carbocycles. The summed E-state index contributed by atoms with van der Waals surface area (Å²) in [5.74, 6) is 1.46. The lowest BCUT2D eigenvalue weighted by Gasteiger charge is -2.53. The van der Waals surface area contributed by atoms with E-state index < -0.39 is 0 Å². The predicted molar refractivity (Wildman–Crippen MR) is 174 cm³/mol. The Bertz CT molecular complexity index is 1420. The molecule has 1 N–H and O–H groups in total. The van der Waals surface area contributed by atoms with Gasteiger partial charge in [0.1, 0.15) is 6.61 Å². The maximum Gasteiger partial charge on any atom is 0.254 e. The van der Waals surface area contributed by atoms with Gasteiger partial charge in [0, 0.05) is 54.4 Å². The van der Waals surface area contributed by atoms with Crippen molar-refractivity contribution in [3.05, 3.63) is 65.2 Å². The van der Waals surface area contributed by atoms with Gasteiger partial charge >= 0.3 is 0 Å². The summed E-state index contributed by atoms with van der Waals surface area (Å²) in [5, 5.41) is 0. The Kier molecular flexibility index (Phi) is 9.63. The standard InChI is InChI=1S/C33H41N5O3S.CH4/c1-20(2)12-26-19-41-30-16-29(31-21(3)8-6-9-22(31)4)34-33(35-30)36-42-28-11-7-10-23(13-28)32(39)38(26)25-14-24(15-25)37-17-27(18-37)40-5;/h6-11,13,16,20,24-27H,12,14-15,17-19H2,1-5H3,(H,34,35,36);1H4. The van der Waals surface area contributed by atoms with Crippen LogP contribution in [0.5, 0.6) is 5.88 Å². The zero-order valence-electron chi connectivity index (χ0n) is 25.2. The van der Waals surface area contributed by atoms with Crippen LogP contribution in [-0.4, -0.2) is 76.7 Å². The summed E-state index contributed by atoms with van der Waals surface area (Å²) in [4.78, 5) is 29.4. The number of methoxy groups -OCH3 is 1. The zero-order valence-corrected chi connectivity index (χ0v) is 26.0. The highest BCUT2D eigenvalue weighted by Gasteiger charge is 2.45. The predicted octanol–water partition coefficient (Wildman–Crippen LogP) is 6.63. The number of hydrogen-bond donors (Lipinski definition) is 1. The van der Waals surface area contributed by atoms with Crippen LogP contribution >= 0.6 is 11.9 Å². The summed E-state index contributed by atoms with van der Waals surface area (Å²) < 4.78 is 15.3. The summed E-state index contributed by atoms with van der Waals surface area (Å²) >= 11 is 1.41. The third-order valence-corrected chi connectivity index (χ3v) is 9.56. The molecule has 2 aliphatic heterocycles. The van der Waals surface area contributed by atoms with Crippen LogP contribution in [0, 0.1) is 19.8 Å². The third-order valence-electron chi connectivity index (χ3n) is 8.78. The van der Waals surface area contributed by atoms with Gasteiger partial charge in [-0.15, -0.1) is 0 Å². The Morgan fingerprint density at radius 3 is 2.47 bits per heavy atom. The number of hydrogen-bond acceptors (Lipinski definition) is 8. The highest BCUT2D eigenvalue weighted by molar-refractivity contribution is 8.00. The fourth-order valence-electron chi connectivity index (χ4n) is 6.46. The number of anilines is 1. The van der Waals surface area contributed by atoms with Crippen molar-refractivity contribution in [1.82, 2.24) is 19.8 Å². The maximum absolute atomic E-state index is 14.3. The summed E-state index contributed by atoms with van der Waals surface area (Å²) in [7, 11) is 1.78. The van der Waals surface area contributed by atoms with Crippen LogP contribution in [0.4, 0.5) is 5.95 Å². The van der Waals surface area contributed by atoms with Gasteiger partial charge in [0.25, 0.3) is 5.91 Å². The molecule has 230 valence electrons. The molecule has 6 rings (SSSR count). The molecule has 1 aliphatic carbocycles. The van der Waals surface area contributed by atoms with Crippen molar-refractivity contribution in [1.29, 1.82) is 0 Å². The zero-order chi connectivity index (χ0) is 29.4. The largest absolute Gasteiger partial charge is 0.475 e. The molecule has 8 nitrogen and oxygen atoms in total. The van der Waals surface area contributed by atoms with E-state index in [2.05, 4.69) is 60.4 Å². The molecular weight excluding hydrogens is 558 g/mol. The number of aryl methyl sites for hydroxylation is 2. The molecule has 3 heterocycles. The fourth-order valence-corrected chi connectivity index (χ4v) is 7.09. The number of likely N-dealkylation sites (tertiary alicyclic amines) is 1. The fraction of sp³-hybridized carbons (Fsp3) is 0.500.